The number of aryl methyl sites for hydroxylation is 1. The third kappa shape index (κ3) is 4.44. The summed E-state index contributed by atoms with van der Waals surface area (Å²) in [6, 6.07) is 12.0. The summed E-state index contributed by atoms with van der Waals surface area (Å²) in [5, 5.41) is 5.73. The Bertz CT molecular complexity index is 995. The molecule has 2 aliphatic heterocycles. The normalized spacial score (nSPS) is 21.1. The fourth-order valence-electron chi connectivity index (χ4n) is 4.13. The number of carbonyl (C=O) groups excluding carboxylic acids is 3. The van der Waals surface area contributed by atoms with Gasteiger partial charge in [-0.1, -0.05) is 42.0 Å². The van der Waals surface area contributed by atoms with E-state index in [0.717, 1.165) is 17.5 Å². The highest BCUT2D eigenvalue weighted by Crippen LogP contribution is 2.26. The highest BCUT2D eigenvalue weighted by molar-refractivity contribution is 6.02. The van der Waals surface area contributed by atoms with Gasteiger partial charge in [0.2, 0.25) is 11.8 Å². The van der Waals surface area contributed by atoms with Crippen LogP contribution in [-0.4, -0.2) is 52.8 Å². The molecule has 2 atom stereocenters. The molecular weight excluding hydrogens is 399 g/mol. The van der Waals surface area contributed by atoms with Gasteiger partial charge in [0, 0.05) is 0 Å². The summed E-state index contributed by atoms with van der Waals surface area (Å²) in [4.78, 5) is 41.6. The molecule has 162 valence electrons. The van der Waals surface area contributed by atoms with Gasteiger partial charge in [-0.05, 0) is 44.0 Å². The predicted molar refractivity (Wildman–Crippen MR) is 114 cm³/mol. The number of nitrogens with zero attached hydrogens (tertiary/aromatic N) is 2. The van der Waals surface area contributed by atoms with Crippen LogP contribution in [0.25, 0.3) is 0 Å². The second-order valence-electron chi connectivity index (χ2n) is 7.99. The van der Waals surface area contributed by atoms with Crippen LogP contribution in [0.2, 0.25) is 0 Å². The Balaban J connectivity index is 1.55. The van der Waals surface area contributed by atoms with Gasteiger partial charge in [-0.25, -0.2) is 9.18 Å². The van der Waals surface area contributed by atoms with E-state index < -0.39 is 29.8 Å². The zero-order valence-electron chi connectivity index (χ0n) is 17.3. The second-order valence-corrected chi connectivity index (χ2v) is 7.99. The van der Waals surface area contributed by atoms with Crippen molar-refractivity contribution in [1.29, 1.82) is 0 Å². The zero-order valence-corrected chi connectivity index (χ0v) is 17.3. The van der Waals surface area contributed by atoms with E-state index in [9.17, 15) is 18.8 Å². The molecule has 31 heavy (non-hydrogen) atoms. The molecule has 0 spiro atoms. The zero-order chi connectivity index (χ0) is 22.0. The lowest BCUT2D eigenvalue weighted by atomic mass is 9.93. The van der Waals surface area contributed by atoms with Gasteiger partial charge in [-0.15, -0.1) is 0 Å². The fourth-order valence-corrected chi connectivity index (χ4v) is 4.13. The molecule has 2 unspecified atom stereocenters. The molecule has 8 heteroatoms. The van der Waals surface area contributed by atoms with Gasteiger partial charge < -0.3 is 15.5 Å². The number of rotatable bonds is 5. The number of amides is 4. The molecular formula is C23H25FN4O3. The van der Waals surface area contributed by atoms with Gasteiger partial charge in [0.05, 0.1) is 18.3 Å². The van der Waals surface area contributed by atoms with E-state index in [0.29, 0.717) is 13.0 Å². The average molecular weight is 424 g/mol. The van der Waals surface area contributed by atoms with Crippen LogP contribution in [0, 0.1) is 12.7 Å². The molecule has 2 aromatic rings. The van der Waals surface area contributed by atoms with Crippen molar-refractivity contribution in [3.63, 3.8) is 0 Å². The van der Waals surface area contributed by atoms with E-state index in [1.165, 1.54) is 28.0 Å². The van der Waals surface area contributed by atoms with Crippen LogP contribution in [0.3, 0.4) is 0 Å². The van der Waals surface area contributed by atoms with Crippen molar-refractivity contribution in [1.82, 2.24) is 15.1 Å². The molecule has 7 nitrogen and oxygen atoms in total. The number of hydrogen-bond acceptors (Lipinski definition) is 4. The standard InChI is InChI=1S/C23H25FN4O3/c1-15-8-10-16(11-9-15)13-28-22(30)21-19(7-4-12-25-21)27(23(28)31)14-20(29)26-18-6-3-2-5-17(18)24/h2-3,5-6,8-11,19,21,25H,4,7,12-14H2,1H3,(H,26,29). The average Bonchev–Trinajstić information content (AvgIpc) is 2.77. The molecule has 2 aromatic carbocycles. The minimum atomic E-state index is -0.557. The molecule has 2 fully saturated rings. The van der Waals surface area contributed by atoms with Crippen LogP contribution in [0.5, 0.6) is 0 Å². The van der Waals surface area contributed by atoms with Crippen LogP contribution in [0.4, 0.5) is 14.9 Å². The lowest BCUT2D eigenvalue weighted by Gasteiger charge is -2.46. The molecule has 0 radical (unpaired) electrons. The summed E-state index contributed by atoms with van der Waals surface area (Å²) >= 11 is 0. The first-order valence-electron chi connectivity index (χ1n) is 10.4. The predicted octanol–water partition coefficient (Wildman–Crippen LogP) is 2.66. The Labute approximate surface area is 180 Å². The number of carbonyl (C=O) groups is 3. The third-order valence-corrected chi connectivity index (χ3v) is 5.76. The van der Waals surface area contributed by atoms with Crippen molar-refractivity contribution >= 4 is 23.5 Å². The number of urea groups is 1. The number of halogens is 1. The van der Waals surface area contributed by atoms with Gasteiger partial charge in [-0.3, -0.25) is 14.5 Å². The van der Waals surface area contributed by atoms with Crippen molar-refractivity contribution in [3.8, 4) is 0 Å². The highest BCUT2D eigenvalue weighted by atomic mass is 19.1. The van der Waals surface area contributed by atoms with Crippen LogP contribution >= 0.6 is 0 Å². The smallest absolute Gasteiger partial charge is 0.322 e. The first-order chi connectivity index (χ1) is 14.9. The monoisotopic (exact) mass is 424 g/mol. The minimum Gasteiger partial charge on any atom is -0.322 e. The van der Waals surface area contributed by atoms with E-state index in [-0.39, 0.29) is 24.7 Å². The SMILES string of the molecule is Cc1ccc(CN2C(=O)C3NCCCC3N(CC(=O)Nc3ccccc3F)C2=O)cc1. The number of piperidine rings is 1. The van der Waals surface area contributed by atoms with Crippen LogP contribution in [0.1, 0.15) is 24.0 Å². The number of anilines is 1. The van der Waals surface area contributed by atoms with Crippen molar-refractivity contribution in [2.45, 2.75) is 38.4 Å². The molecule has 2 N–H and O–H groups in total. The quantitative estimate of drug-likeness (QED) is 0.773. The molecule has 4 amide bonds. The van der Waals surface area contributed by atoms with Crippen molar-refractivity contribution < 1.29 is 18.8 Å². The van der Waals surface area contributed by atoms with E-state index in [2.05, 4.69) is 10.6 Å². The summed E-state index contributed by atoms with van der Waals surface area (Å²) in [7, 11) is 0. The van der Waals surface area contributed by atoms with Crippen molar-refractivity contribution in [2.24, 2.45) is 0 Å². The van der Waals surface area contributed by atoms with E-state index in [1.807, 2.05) is 31.2 Å². The van der Waals surface area contributed by atoms with Crippen LogP contribution < -0.4 is 10.6 Å². The van der Waals surface area contributed by atoms with Gasteiger partial charge in [0.1, 0.15) is 18.4 Å². The highest BCUT2D eigenvalue weighted by Gasteiger charge is 2.47. The Kier molecular flexibility index (Phi) is 5.99. The summed E-state index contributed by atoms with van der Waals surface area (Å²) in [5.74, 6) is -1.33. The first kappa shape index (κ1) is 21.0. The van der Waals surface area contributed by atoms with Gasteiger partial charge in [-0.2, -0.15) is 0 Å². The van der Waals surface area contributed by atoms with Crippen LogP contribution in [0.15, 0.2) is 48.5 Å². The van der Waals surface area contributed by atoms with Gasteiger partial charge >= 0.3 is 6.03 Å². The van der Waals surface area contributed by atoms with Crippen molar-refractivity contribution in [2.75, 3.05) is 18.4 Å². The summed E-state index contributed by atoms with van der Waals surface area (Å²) in [6.45, 7) is 2.52. The maximum absolute atomic E-state index is 13.9. The maximum Gasteiger partial charge on any atom is 0.327 e. The Morgan fingerprint density at radius 1 is 1.16 bits per heavy atom. The lowest BCUT2D eigenvalue weighted by molar-refractivity contribution is -0.138. The first-order valence-corrected chi connectivity index (χ1v) is 10.4. The molecule has 0 aliphatic carbocycles. The molecule has 2 heterocycles. The topological polar surface area (TPSA) is 81.8 Å². The number of fused-ring (bicyclic) bond motifs is 1. The minimum absolute atomic E-state index is 0.0582. The summed E-state index contributed by atoms with van der Waals surface area (Å²) in [6.07, 6.45) is 1.42. The Hall–Kier alpha value is -3.26. The van der Waals surface area contributed by atoms with E-state index in [4.69, 9.17) is 0 Å². The second kappa shape index (κ2) is 8.85. The lowest BCUT2D eigenvalue weighted by Crippen LogP contribution is -2.70. The molecule has 0 saturated carbocycles. The number of benzene rings is 2. The van der Waals surface area contributed by atoms with E-state index in [1.54, 1.807) is 6.07 Å². The number of para-hydroxylation sites is 1. The summed E-state index contributed by atoms with van der Waals surface area (Å²) in [5.41, 5.74) is 1.97. The Morgan fingerprint density at radius 3 is 2.65 bits per heavy atom. The molecule has 2 aliphatic rings. The maximum atomic E-state index is 13.9. The van der Waals surface area contributed by atoms with Gasteiger partial charge in [0.25, 0.3) is 0 Å². The molecule has 2 saturated heterocycles. The molecule has 4 rings (SSSR count). The molecule has 0 bridgehead atoms. The number of imide groups is 1. The Morgan fingerprint density at radius 2 is 1.90 bits per heavy atom. The fraction of sp³-hybridized carbons (Fsp3) is 0.348. The van der Waals surface area contributed by atoms with Gasteiger partial charge in [0.15, 0.2) is 0 Å². The molecule has 0 aromatic heterocycles. The number of hydrogen-bond donors (Lipinski definition) is 2. The number of nitrogens with one attached hydrogen (secondary N) is 2. The summed E-state index contributed by atoms with van der Waals surface area (Å²) < 4.78 is 13.9. The van der Waals surface area contributed by atoms with Crippen molar-refractivity contribution in [3.05, 3.63) is 65.5 Å². The van der Waals surface area contributed by atoms with E-state index >= 15 is 0 Å². The van der Waals surface area contributed by atoms with Crippen LogP contribution in [-0.2, 0) is 16.1 Å². The largest absolute Gasteiger partial charge is 0.327 e. The third-order valence-electron chi connectivity index (χ3n) is 5.76.